The number of rotatable bonds is 8. The van der Waals surface area contributed by atoms with Crippen molar-refractivity contribution < 1.29 is 14.3 Å². The zero-order valence-electron chi connectivity index (χ0n) is 24.6. The van der Waals surface area contributed by atoms with Crippen LogP contribution >= 0.6 is 11.8 Å². The van der Waals surface area contributed by atoms with E-state index in [4.69, 9.17) is 4.74 Å². The molecular formula is C36H35N3O3S. The molecule has 0 aliphatic carbocycles. The summed E-state index contributed by atoms with van der Waals surface area (Å²) in [6, 6.07) is 35.9. The molecule has 2 atom stereocenters. The number of amides is 1. The van der Waals surface area contributed by atoms with E-state index in [-0.39, 0.29) is 11.3 Å². The Bertz CT molecular complexity index is 1520. The number of ether oxygens (including phenoxy) is 1. The van der Waals surface area contributed by atoms with Gasteiger partial charge in [-0.25, -0.2) is 4.79 Å². The van der Waals surface area contributed by atoms with Crippen molar-refractivity contribution in [3.05, 3.63) is 149 Å². The van der Waals surface area contributed by atoms with E-state index in [0.717, 1.165) is 28.0 Å². The maximum Gasteiger partial charge on any atom is 0.355 e. The summed E-state index contributed by atoms with van der Waals surface area (Å²) in [5, 5.41) is 3.56. The number of β-lactam (4-membered cyclic amide) rings is 1. The zero-order chi connectivity index (χ0) is 30.0. The molecular weight excluding hydrogens is 554 g/mol. The highest BCUT2D eigenvalue weighted by atomic mass is 32.2. The van der Waals surface area contributed by atoms with Gasteiger partial charge in [0.15, 0.2) is 0 Å². The van der Waals surface area contributed by atoms with Crippen molar-refractivity contribution in [2.24, 2.45) is 0 Å². The van der Waals surface area contributed by atoms with Crippen LogP contribution in [0.25, 0.3) is 0 Å². The van der Waals surface area contributed by atoms with E-state index in [1.807, 2.05) is 93.6 Å². The van der Waals surface area contributed by atoms with Gasteiger partial charge in [0.25, 0.3) is 0 Å². The van der Waals surface area contributed by atoms with Crippen LogP contribution in [-0.4, -0.2) is 44.5 Å². The van der Waals surface area contributed by atoms with Crippen molar-refractivity contribution in [2.75, 3.05) is 5.75 Å². The second-order valence-corrected chi connectivity index (χ2v) is 12.9. The van der Waals surface area contributed by atoms with Gasteiger partial charge in [0.2, 0.25) is 5.91 Å². The molecule has 0 saturated carbocycles. The lowest BCUT2D eigenvalue weighted by molar-refractivity contribution is -0.158. The summed E-state index contributed by atoms with van der Waals surface area (Å²) in [5.41, 5.74) is 3.61. The van der Waals surface area contributed by atoms with Gasteiger partial charge in [-0.3, -0.25) is 20.0 Å². The van der Waals surface area contributed by atoms with Crippen LogP contribution in [0, 0.1) is 0 Å². The number of hydrogen-bond donors (Lipinski definition) is 1. The highest BCUT2D eigenvalue weighted by Crippen LogP contribution is 2.45. The number of hydrogen-bond acceptors (Lipinski definition) is 6. The van der Waals surface area contributed by atoms with Gasteiger partial charge >= 0.3 is 5.97 Å². The lowest BCUT2D eigenvalue weighted by Gasteiger charge is -2.53. The Morgan fingerprint density at radius 3 is 1.88 bits per heavy atom. The summed E-state index contributed by atoms with van der Waals surface area (Å²) in [5.74, 6) is -0.0352. The first kappa shape index (κ1) is 28.9. The van der Waals surface area contributed by atoms with Gasteiger partial charge in [-0.05, 0) is 55.2 Å². The van der Waals surface area contributed by atoms with Gasteiger partial charge < -0.3 is 4.74 Å². The second-order valence-electron chi connectivity index (χ2n) is 11.8. The van der Waals surface area contributed by atoms with Crippen LogP contribution < -0.4 is 5.32 Å². The monoisotopic (exact) mass is 589 g/mol. The Hall–Kier alpha value is -4.20. The number of pyridine rings is 1. The van der Waals surface area contributed by atoms with E-state index in [0.29, 0.717) is 17.9 Å². The molecule has 0 spiro atoms. The number of nitrogens with zero attached hydrogens (tertiary/aromatic N) is 2. The smallest absolute Gasteiger partial charge is 0.355 e. The maximum atomic E-state index is 14.2. The van der Waals surface area contributed by atoms with Gasteiger partial charge in [-0.15, -0.1) is 11.8 Å². The minimum Gasteiger partial charge on any atom is -0.455 e. The van der Waals surface area contributed by atoms with Gasteiger partial charge in [0.05, 0.1) is 5.54 Å². The number of carbonyl (C=O) groups is 2. The number of thioether (sulfide) groups is 1. The first-order chi connectivity index (χ1) is 20.8. The number of carbonyl (C=O) groups excluding carboxylic acids is 2. The largest absolute Gasteiger partial charge is 0.455 e. The van der Waals surface area contributed by atoms with Gasteiger partial charge in [-0.2, -0.15) is 0 Å². The number of aromatic nitrogens is 1. The normalized spacial score (nSPS) is 18.6. The molecule has 6 nitrogen and oxygen atoms in total. The van der Waals surface area contributed by atoms with Crippen molar-refractivity contribution in [3.63, 3.8) is 0 Å². The molecule has 3 heterocycles. The summed E-state index contributed by atoms with van der Waals surface area (Å²) in [4.78, 5) is 34.0. The van der Waals surface area contributed by atoms with Crippen LogP contribution in [0.1, 0.15) is 43.2 Å². The molecule has 2 aliphatic rings. The third-order valence-electron chi connectivity index (χ3n) is 7.75. The minimum absolute atomic E-state index is 0.149. The summed E-state index contributed by atoms with van der Waals surface area (Å²) in [7, 11) is 0. The molecule has 1 N–H and O–H groups in total. The van der Waals surface area contributed by atoms with Gasteiger partial charge in [-0.1, -0.05) is 97.1 Å². The second kappa shape index (κ2) is 11.8. The van der Waals surface area contributed by atoms with Gasteiger partial charge in [0.1, 0.15) is 22.7 Å². The summed E-state index contributed by atoms with van der Waals surface area (Å²) in [6.45, 7) is 5.53. The first-order valence-corrected chi connectivity index (χ1v) is 15.6. The fourth-order valence-corrected chi connectivity index (χ4v) is 7.25. The predicted octanol–water partition coefficient (Wildman–Crippen LogP) is 6.09. The minimum atomic E-state index is -0.805. The summed E-state index contributed by atoms with van der Waals surface area (Å²) >= 11 is 1.67. The van der Waals surface area contributed by atoms with E-state index < -0.39 is 23.2 Å². The Morgan fingerprint density at radius 1 is 0.860 bits per heavy atom. The number of benzene rings is 3. The molecule has 3 aromatic carbocycles. The van der Waals surface area contributed by atoms with Crippen LogP contribution in [0.15, 0.2) is 127 Å². The molecule has 4 aromatic rings. The van der Waals surface area contributed by atoms with E-state index in [2.05, 4.69) is 46.7 Å². The molecule has 0 radical (unpaired) electrons. The topological polar surface area (TPSA) is 71.5 Å². The average molecular weight is 590 g/mol. The van der Waals surface area contributed by atoms with E-state index in [9.17, 15) is 9.59 Å². The van der Waals surface area contributed by atoms with E-state index >= 15 is 0 Å². The zero-order valence-corrected chi connectivity index (χ0v) is 25.4. The molecule has 1 amide bonds. The quantitative estimate of drug-likeness (QED) is 0.153. The summed E-state index contributed by atoms with van der Waals surface area (Å²) < 4.78 is 5.85. The van der Waals surface area contributed by atoms with Crippen LogP contribution in [0.3, 0.4) is 0 Å². The Labute approximate surface area is 257 Å². The molecule has 1 fully saturated rings. The lowest BCUT2D eigenvalue weighted by atomic mass is 9.76. The molecule has 1 saturated heterocycles. The average Bonchev–Trinajstić information content (AvgIpc) is 3.02. The van der Waals surface area contributed by atoms with Crippen molar-refractivity contribution in [1.82, 2.24) is 15.2 Å². The SMILES string of the molecule is CC(C)(C)OC(=O)C1=C(Cc2ccccn2)CS[C@@H]2[C@H](NC(c3ccccc3)(c3ccccc3)c3ccccc3)C(=O)N12. The van der Waals surface area contributed by atoms with Crippen molar-refractivity contribution in [2.45, 2.75) is 49.7 Å². The molecule has 43 heavy (non-hydrogen) atoms. The molecule has 1 aromatic heterocycles. The summed E-state index contributed by atoms with van der Waals surface area (Å²) in [6.07, 6.45) is 2.21. The number of fused-ring (bicyclic) bond motifs is 1. The number of nitrogens with one attached hydrogen (secondary N) is 1. The Balaban J connectivity index is 1.42. The Morgan fingerprint density at radius 2 is 1.40 bits per heavy atom. The van der Waals surface area contributed by atoms with Crippen molar-refractivity contribution >= 4 is 23.6 Å². The van der Waals surface area contributed by atoms with Crippen LogP contribution in [-0.2, 0) is 26.3 Å². The third kappa shape index (κ3) is 5.63. The van der Waals surface area contributed by atoms with Crippen molar-refractivity contribution in [1.29, 1.82) is 0 Å². The molecule has 2 aliphatic heterocycles. The van der Waals surface area contributed by atoms with Gasteiger partial charge in [0, 0.05) is 24.1 Å². The first-order valence-electron chi connectivity index (χ1n) is 14.5. The molecule has 0 bridgehead atoms. The molecule has 7 heteroatoms. The Kier molecular flexibility index (Phi) is 7.95. The van der Waals surface area contributed by atoms with Crippen LogP contribution in [0.2, 0.25) is 0 Å². The van der Waals surface area contributed by atoms with Crippen LogP contribution in [0.5, 0.6) is 0 Å². The van der Waals surface area contributed by atoms with E-state index in [1.54, 1.807) is 22.9 Å². The fourth-order valence-electron chi connectivity index (χ4n) is 5.90. The lowest BCUT2D eigenvalue weighted by Crippen LogP contribution is -2.73. The maximum absolute atomic E-state index is 14.2. The molecule has 218 valence electrons. The predicted molar refractivity (Wildman–Crippen MR) is 170 cm³/mol. The number of esters is 1. The third-order valence-corrected chi connectivity index (χ3v) is 9.09. The van der Waals surface area contributed by atoms with Crippen LogP contribution in [0.4, 0.5) is 0 Å². The fraction of sp³-hybridized carbons (Fsp3) is 0.250. The molecule has 6 rings (SSSR count). The standard InChI is InChI=1S/C36H35N3O3S/c1-35(2,3)42-34(41)31-25(23-29-21-13-14-22-37-29)24-43-33-30(32(40)39(31)33)38-36(26-15-7-4-8-16-26,27-17-9-5-10-18-27)28-19-11-6-12-20-28/h4-22,30,33,38H,23-24H2,1-3H3/t30-,33-/m1/s1. The highest BCUT2D eigenvalue weighted by Gasteiger charge is 2.56. The van der Waals surface area contributed by atoms with E-state index in [1.165, 1.54) is 0 Å². The highest BCUT2D eigenvalue weighted by molar-refractivity contribution is 8.00. The molecule has 0 unspecified atom stereocenters. The van der Waals surface area contributed by atoms with Crippen molar-refractivity contribution in [3.8, 4) is 0 Å².